The lowest BCUT2D eigenvalue weighted by Gasteiger charge is -2.13. The molecule has 0 saturated carbocycles. The molecule has 0 bridgehead atoms. The summed E-state index contributed by atoms with van der Waals surface area (Å²) in [6.45, 7) is 0.432. The molecule has 142 valence electrons. The zero-order valence-corrected chi connectivity index (χ0v) is 15.7. The van der Waals surface area contributed by atoms with Gasteiger partial charge in [-0.15, -0.1) is 11.8 Å². The first-order valence-corrected chi connectivity index (χ1v) is 10.5. The molecule has 2 rings (SSSR count). The topological polar surface area (TPSA) is 69.0 Å². The summed E-state index contributed by atoms with van der Waals surface area (Å²) in [5.74, 6) is 0.555. The van der Waals surface area contributed by atoms with Crippen molar-refractivity contribution in [1.82, 2.24) is 9.78 Å². The van der Waals surface area contributed by atoms with Crippen LogP contribution in [0.5, 0.6) is 0 Å². The average molecular weight is 406 g/mol. The van der Waals surface area contributed by atoms with Crippen LogP contribution in [0.2, 0.25) is 0 Å². The number of nitrogens with zero attached hydrogens (tertiary/aromatic N) is 2. The minimum Gasteiger partial charge on any atom is -0.266 e. The Morgan fingerprint density at radius 1 is 1.19 bits per heavy atom. The number of thioether (sulfide) groups is 1. The van der Waals surface area contributed by atoms with Gasteiger partial charge >= 0.3 is 6.18 Å². The molecule has 0 unspecified atom stereocenters. The fraction of sp³-hybridized carbons (Fsp3) is 0.375. The van der Waals surface area contributed by atoms with E-state index in [0.717, 1.165) is 24.4 Å². The lowest BCUT2D eigenvalue weighted by atomic mass is 10.1. The first-order chi connectivity index (χ1) is 12.0. The lowest BCUT2D eigenvalue weighted by molar-refractivity contribution is -0.143. The van der Waals surface area contributed by atoms with Crippen LogP contribution in [0.25, 0.3) is 11.1 Å². The quantitative estimate of drug-likeness (QED) is 0.688. The van der Waals surface area contributed by atoms with Gasteiger partial charge in [-0.25, -0.2) is 13.1 Å². The van der Waals surface area contributed by atoms with Crippen molar-refractivity contribution in [2.75, 3.05) is 12.0 Å². The molecule has 0 atom stereocenters. The van der Waals surface area contributed by atoms with E-state index in [9.17, 15) is 26.4 Å². The summed E-state index contributed by atoms with van der Waals surface area (Å²) >= 11 is 1.16. The molecule has 5 nitrogen and oxygen atoms in total. The maximum Gasteiger partial charge on any atom is 0.408 e. The smallest absolute Gasteiger partial charge is 0.266 e. The molecule has 2 aromatic rings. The van der Waals surface area contributed by atoms with E-state index >= 15 is 0 Å². The van der Waals surface area contributed by atoms with Gasteiger partial charge in [0.25, 0.3) is 5.56 Å². The number of aromatic nitrogens is 2. The lowest BCUT2D eigenvalue weighted by Crippen LogP contribution is -2.31. The van der Waals surface area contributed by atoms with Crippen LogP contribution in [0.4, 0.5) is 13.2 Å². The van der Waals surface area contributed by atoms with Gasteiger partial charge in [0.05, 0.1) is 16.0 Å². The maximum absolute atomic E-state index is 12.6. The Balaban J connectivity index is 2.54. The van der Waals surface area contributed by atoms with Crippen molar-refractivity contribution in [3.05, 3.63) is 40.8 Å². The minimum atomic E-state index is -4.55. The minimum absolute atomic E-state index is 0.113. The number of rotatable bonds is 6. The molecular formula is C16H17F3N2O3S2. The van der Waals surface area contributed by atoms with Gasteiger partial charge in [-0.3, -0.25) is 4.79 Å². The predicted octanol–water partition coefficient (Wildman–Crippen LogP) is 3.38. The van der Waals surface area contributed by atoms with Crippen LogP contribution in [0.15, 0.2) is 45.0 Å². The van der Waals surface area contributed by atoms with Crippen molar-refractivity contribution >= 4 is 21.6 Å². The molecule has 0 aliphatic heterocycles. The summed E-state index contributed by atoms with van der Waals surface area (Å²) in [4.78, 5) is 12.7. The van der Waals surface area contributed by atoms with Crippen molar-refractivity contribution < 1.29 is 21.6 Å². The summed E-state index contributed by atoms with van der Waals surface area (Å²) < 4.78 is 61.3. The molecule has 1 aromatic carbocycles. The zero-order chi connectivity index (χ0) is 19.5. The van der Waals surface area contributed by atoms with Crippen molar-refractivity contribution in [3.8, 4) is 11.1 Å². The summed E-state index contributed by atoms with van der Waals surface area (Å²) in [5.41, 5.74) is 0.0807. The Morgan fingerprint density at radius 3 is 2.31 bits per heavy atom. The molecule has 0 radical (unpaired) electrons. The van der Waals surface area contributed by atoms with Gasteiger partial charge in [0.2, 0.25) is 0 Å². The molecule has 1 aromatic heterocycles. The van der Waals surface area contributed by atoms with E-state index in [2.05, 4.69) is 5.10 Å². The molecule has 0 aliphatic rings. The van der Waals surface area contributed by atoms with Crippen molar-refractivity contribution in [3.63, 3.8) is 0 Å². The molecule has 0 N–H and O–H groups in total. The molecular weight excluding hydrogens is 389 g/mol. The van der Waals surface area contributed by atoms with E-state index in [0.29, 0.717) is 21.6 Å². The van der Waals surface area contributed by atoms with E-state index in [1.165, 1.54) is 30.5 Å². The number of benzene rings is 1. The summed E-state index contributed by atoms with van der Waals surface area (Å²) in [6.07, 6.45) is -1.54. The Morgan fingerprint density at radius 2 is 1.81 bits per heavy atom. The van der Waals surface area contributed by atoms with Gasteiger partial charge in [0.1, 0.15) is 6.54 Å². The predicted molar refractivity (Wildman–Crippen MR) is 94.1 cm³/mol. The van der Waals surface area contributed by atoms with Gasteiger partial charge in [-0.1, -0.05) is 19.1 Å². The van der Waals surface area contributed by atoms with Crippen LogP contribution in [0, 0.1) is 0 Å². The summed E-state index contributed by atoms with van der Waals surface area (Å²) in [6, 6.07) is 5.80. The van der Waals surface area contributed by atoms with Crippen LogP contribution < -0.4 is 5.56 Å². The van der Waals surface area contributed by atoms with Crippen molar-refractivity contribution in [2.45, 2.75) is 35.9 Å². The SMILES string of the molecule is CCCSc1c(-c2ccc(S(C)(=O)=O)cc2)cnn(CC(F)(F)F)c1=O. The fourth-order valence-electron chi connectivity index (χ4n) is 2.18. The molecule has 0 aliphatic carbocycles. The first kappa shape index (κ1) is 20.5. The van der Waals surface area contributed by atoms with E-state index in [-0.39, 0.29) is 9.79 Å². The number of alkyl halides is 3. The Bertz CT molecular complexity index is 937. The summed E-state index contributed by atoms with van der Waals surface area (Å²) in [7, 11) is -3.37. The first-order valence-electron chi connectivity index (χ1n) is 7.63. The third-order valence-electron chi connectivity index (χ3n) is 3.37. The Labute approximate surface area is 153 Å². The standard InChI is InChI=1S/C16H17F3N2O3S2/c1-3-8-25-14-13(9-20-21(15(14)22)10-16(17,18)19)11-4-6-12(7-5-11)26(2,23)24/h4-7,9H,3,8,10H2,1-2H3. The average Bonchev–Trinajstić information content (AvgIpc) is 2.53. The summed E-state index contributed by atoms with van der Waals surface area (Å²) in [5, 5.41) is 3.63. The number of halogens is 3. The maximum atomic E-state index is 12.6. The highest BCUT2D eigenvalue weighted by atomic mass is 32.2. The van der Waals surface area contributed by atoms with Gasteiger partial charge in [0.15, 0.2) is 9.84 Å². The molecule has 0 fully saturated rings. The van der Waals surface area contributed by atoms with E-state index in [1.54, 1.807) is 0 Å². The molecule has 0 saturated heterocycles. The van der Waals surface area contributed by atoms with Crippen LogP contribution in [-0.4, -0.2) is 36.4 Å². The molecule has 0 spiro atoms. The number of hydrogen-bond donors (Lipinski definition) is 0. The van der Waals surface area contributed by atoms with E-state index in [1.807, 2.05) is 6.92 Å². The Hall–Kier alpha value is -1.81. The largest absolute Gasteiger partial charge is 0.408 e. The number of hydrogen-bond acceptors (Lipinski definition) is 5. The van der Waals surface area contributed by atoms with Crippen LogP contribution in [0.3, 0.4) is 0 Å². The van der Waals surface area contributed by atoms with Crippen molar-refractivity contribution in [1.29, 1.82) is 0 Å². The van der Waals surface area contributed by atoms with Gasteiger partial charge < -0.3 is 0 Å². The highest BCUT2D eigenvalue weighted by Crippen LogP contribution is 2.29. The van der Waals surface area contributed by atoms with Gasteiger partial charge in [-0.2, -0.15) is 18.3 Å². The normalized spacial score (nSPS) is 12.3. The Kier molecular flexibility index (Phi) is 6.17. The van der Waals surface area contributed by atoms with Gasteiger partial charge in [0, 0.05) is 11.8 Å². The second-order valence-corrected chi connectivity index (χ2v) is 8.73. The highest BCUT2D eigenvalue weighted by Gasteiger charge is 2.30. The molecule has 10 heteroatoms. The van der Waals surface area contributed by atoms with E-state index in [4.69, 9.17) is 0 Å². The van der Waals surface area contributed by atoms with E-state index < -0.39 is 28.1 Å². The molecule has 1 heterocycles. The second-order valence-electron chi connectivity index (χ2n) is 5.61. The zero-order valence-electron chi connectivity index (χ0n) is 14.1. The van der Waals surface area contributed by atoms with Crippen molar-refractivity contribution in [2.24, 2.45) is 0 Å². The highest BCUT2D eigenvalue weighted by molar-refractivity contribution is 7.99. The van der Waals surface area contributed by atoms with Crippen LogP contribution >= 0.6 is 11.8 Å². The molecule has 0 amide bonds. The molecule has 26 heavy (non-hydrogen) atoms. The number of sulfone groups is 1. The third kappa shape index (κ3) is 5.10. The van der Waals surface area contributed by atoms with Gasteiger partial charge in [-0.05, 0) is 29.9 Å². The second kappa shape index (κ2) is 7.83. The third-order valence-corrected chi connectivity index (χ3v) is 5.80. The fourth-order valence-corrected chi connectivity index (χ4v) is 3.78. The van der Waals surface area contributed by atoms with Crippen LogP contribution in [-0.2, 0) is 16.4 Å². The van der Waals surface area contributed by atoms with Crippen LogP contribution in [0.1, 0.15) is 13.3 Å². The monoisotopic (exact) mass is 406 g/mol.